The van der Waals surface area contributed by atoms with Crippen molar-refractivity contribution >= 4 is 5.91 Å². The molecule has 0 aliphatic heterocycles. The summed E-state index contributed by atoms with van der Waals surface area (Å²) in [5, 5.41) is 5.82. The monoisotopic (exact) mass is 248 g/mol. The van der Waals surface area contributed by atoms with E-state index in [0.29, 0.717) is 12.1 Å². The highest BCUT2D eigenvalue weighted by molar-refractivity contribution is 5.94. The average molecular weight is 248 g/mol. The fourth-order valence-electron chi connectivity index (χ4n) is 1.60. The van der Waals surface area contributed by atoms with Crippen LogP contribution in [0.5, 0.6) is 5.75 Å². The molecule has 0 saturated heterocycles. The number of benzene rings is 1. The molecule has 0 atom stereocenters. The van der Waals surface area contributed by atoms with Gasteiger partial charge in [-0.1, -0.05) is 0 Å². The van der Waals surface area contributed by atoms with E-state index in [2.05, 4.69) is 10.6 Å². The number of nitrogens with one attached hydrogen (secondary N) is 2. The number of likely N-dealkylation sites (N-methyl/N-ethyl adjacent to an activating group) is 1. The SMILES string of the molecule is CNCCNC(=O)c1ccc(OCC2CC2)cc1. The van der Waals surface area contributed by atoms with E-state index in [1.807, 2.05) is 19.2 Å². The summed E-state index contributed by atoms with van der Waals surface area (Å²) in [6.45, 7) is 2.21. The highest BCUT2D eigenvalue weighted by atomic mass is 16.5. The number of rotatable bonds is 7. The lowest BCUT2D eigenvalue weighted by molar-refractivity contribution is 0.0954. The maximum absolute atomic E-state index is 11.7. The summed E-state index contributed by atoms with van der Waals surface area (Å²) in [6, 6.07) is 7.32. The van der Waals surface area contributed by atoms with E-state index in [0.717, 1.165) is 24.8 Å². The third-order valence-corrected chi connectivity index (χ3v) is 2.96. The second-order valence-corrected chi connectivity index (χ2v) is 4.64. The molecule has 1 saturated carbocycles. The zero-order valence-corrected chi connectivity index (χ0v) is 10.7. The molecule has 0 heterocycles. The smallest absolute Gasteiger partial charge is 0.251 e. The van der Waals surface area contributed by atoms with Crippen LogP contribution in [0.1, 0.15) is 23.2 Å². The van der Waals surface area contributed by atoms with E-state index in [1.54, 1.807) is 12.1 Å². The highest BCUT2D eigenvalue weighted by Gasteiger charge is 2.21. The van der Waals surface area contributed by atoms with Gasteiger partial charge in [0.1, 0.15) is 5.75 Å². The Bertz CT molecular complexity index is 385. The number of hydrogen-bond acceptors (Lipinski definition) is 3. The van der Waals surface area contributed by atoms with E-state index >= 15 is 0 Å². The topological polar surface area (TPSA) is 50.4 Å². The molecule has 0 spiro atoms. The number of carbonyl (C=O) groups excluding carboxylic acids is 1. The molecule has 18 heavy (non-hydrogen) atoms. The molecule has 0 unspecified atom stereocenters. The molecule has 0 aromatic heterocycles. The van der Waals surface area contributed by atoms with Crippen molar-refractivity contribution in [2.45, 2.75) is 12.8 Å². The minimum Gasteiger partial charge on any atom is -0.493 e. The molecule has 1 aliphatic carbocycles. The Kier molecular flexibility index (Phi) is 4.59. The summed E-state index contributed by atoms with van der Waals surface area (Å²) in [5.74, 6) is 1.54. The van der Waals surface area contributed by atoms with Crippen molar-refractivity contribution in [2.75, 3.05) is 26.7 Å². The van der Waals surface area contributed by atoms with Crippen molar-refractivity contribution in [3.8, 4) is 5.75 Å². The van der Waals surface area contributed by atoms with Gasteiger partial charge in [0, 0.05) is 18.7 Å². The molecule has 4 heteroatoms. The first-order chi connectivity index (χ1) is 8.79. The summed E-state index contributed by atoms with van der Waals surface area (Å²) in [6.07, 6.45) is 2.57. The normalized spacial score (nSPS) is 14.3. The lowest BCUT2D eigenvalue weighted by Gasteiger charge is -2.07. The summed E-state index contributed by atoms with van der Waals surface area (Å²) in [5.41, 5.74) is 0.671. The van der Waals surface area contributed by atoms with Gasteiger partial charge in [-0.25, -0.2) is 0 Å². The van der Waals surface area contributed by atoms with Crippen LogP contribution >= 0.6 is 0 Å². The summed E-state index contributed by atoms with van der Waals surface area (Å²) < 4.78 is 5.62. The van der Waals surface area contributed by atoms with Crippen molar-refractivity contribution in [2.24, 2.45) is 5.92 Å². The molecule has 0 radical (unpaired) electrons. The van der Waals surface area contributed by atoms with Gasteiger partial charge in [0.2, 0.25) is 0 Å². The average Bonchev–Trinajstić information content (AvgIpc) is 3.21. The van der Waals surface area contributed by atoms with Gasteiger partial charge in [-0.15, -0.1) is 0 Å². The third-order valence-electron chi connectivity index (χ3n) is 2.96. The molecule has 4 nitrogen and oxygen atoms in total. The molecule has 1 aromatic rings. The van der Waals surface area contributed by atoms with Crippen molar-refractivity contribution in [1.82, 2.24) is 10.6 Å². The van der Waals surface area contributed by atoms with Crippen molar-refractivity contribution in [1.29, 1.82) is 0 Å². The van der Waals surface area contributed by atoms with Gasteiger partial charge >= 0.3 is 0 Å². The maximum Gasteiger partial charge on any atom is 0.251 e. The zero-order valence-electron chi connectivity index (χ0n) is 10.7. The van der Waals surface area contributed by atoms with E-state index in [4.69, 9.17) is 4.74 Å². The molecular formula is C14H20N2O2. The predicted octanol–water partition coefficient (Wildman–Crippen LogP) is 1.42. The van der Waals surface area contributed by atoms with Crippen molar-refractivity contribution in [3.63, 3.8) is 0 Å². The lowest BCUT2D eigenvalue weighted by atomic mass is 10.2. The van der Waals surface area contributed by atoms with Gasteiger partial charge in [-0.3, -0.25) is 4.79 Å². The molecule has 2 rings (SSSR count). The molecular weight excluding hydrogens is 228 g/mol. The molecule has 1 aliphatic rings. The number of hydrogen-bond donors (Lipinski definition) is 2. The van der Waals surface area contributed by atoms with Gasteiger partial charge in [-0.05, 0) is 50.1 Å². The largest absolute Gasteiger partial charge is 0.493 e. The maximum atomic E-state index is 11.7. The second kappa shape index (κ2) is 6.40. The Morgan fingerprint density at radius 3 is 2.61 bits per heavy atom. The predicted molar refractivity (Wildman–Crippen MR) is 70.9 cm³/mol. The number of ether oxygens (including phenoxy) is 1. The molecule has 1 amide bonds. The minimum atomic E-state index is -0.0426. The quantitative estimate of drug-likeness (QED) is 0.718. The Morgan fingerprint density at radius 2 is 2.00 bits per heavy atom. The van der Waals surface area contributed by atoms with E-state index < -0.39 is 0 Å². The van der Waals surface area contributed by atoms with Crippen LogP contribution in [-0.2, 0) is 0 Å². The van der Waals surface area contributed by atoms with Gasteiger partial charge in [0.15, 0.2) is 0 Å². The standard InChI is InChI=1S/C14H20N2O2/c1-15-8-9-16-14(17)12-4-6-13(7-5-12)18-10-11-2-3-11/h4-7,11,15H,2-3,8-10H2,1H3,(H,16,17). The first kappa shape index (κ1) is 12.9. The van der Waals surface area contributed by atoms with E-state index in [-0.39, 0.29) is 5.91 Å². The van der Waals surface area contributed by atoms with Crippen LogP contribution < -0.4 is 15.4 Å². The summed E-state index contributed by atoms with van der Waals surface area (Å²) >= 11 is 0. The molecule has 1 fully saturated rings. The van der Waals surface area contributed by atoms with E-state index in [9.17, 15) is 4.79 Å². The minimum absolute atomic E-state index is 0.0426. The summed E-state index contributed by atoms with van der Waals surface area (Å²) in [4.78, 5) is 11.7. The first-order valence-corrected chi connectivity index (χ1v) is 6.45. The molecule has 1 aromatic carbocycles. The van der Waals surface area contributed by atoms with Crippen LogP contribution in [0.4, 0.5) is 0 Å². The zero-order chi connectivity index (χ0) is 12.8. The van der Waals surface area contributed by atoms with Crippen molar-refractivity contribution < 1.29 is 9.53 Å². The Morgan fingerprint density at radius 1 is 1.28 bits per heavy atom. The molecule has 98 valence electrons. The van der Waals surface area contributed by atoms with Crippen molar-refractivity contribution in [3.05, 3.63) is 29.8 Å². The molecule has 2 N–H and O–H groups in total. The Balaban J connectivity index is 1.79. The van der Waals surface area contributed by atoms with Gasteiger partial charge in [0.25, 0.3) is 5.91 Å². The van der Waals surface area contributed by atoms with Crippen LogP contribution in [0, 0.1) is 5.92 Å². The van der Waals surface area contributed by atoms with Crippen LogP contribution in [0.15, 0.2) is 24.3 Å². The lowest BCUT2D eigenvalue weighted by Crippen LogP contribution is -2.30. The Labute approximate surface area is 108 Å². The second-order valence-electron chi connectivity index (χ2n) is 4.64. The number of carbonyl (C=O) groups is 1. The van der Waals surface area contributed by atoms with E-state index in [1.165, 1.54) is 12.8 Å². The summed E-state index contributed by atoms with van der Waals surface area (Å²) in [7, 11) is 1.86. The Hall–Kier alpha value is -1.55. The van der Waals surface area contributed by atoms with Gasteiger partial charge < -0.3 is 15.4 Å². The number of amides is 1. The van der Waals surface area contributed by atoms with Crippen LogP contribution in [0.2, 0.25) is 0 Å². The van der Waals surface area contributed by atoms with Gasteiger partial charge in [0.05, 0.1) is 6.61 Å². The highest BCUT2D eigenvalue weighted by Crippen LogP contribution is 2.29. The van der Waals surface area contributed by atoms with Crippen LogP contribution in [0.3, 0.4) is 0 Å². The van der Waals surface area contributed by atoms with Gasteiger partial charge in [-0.2, -0.15) is 0 Å². The van der Waals surface area contributed by atoms with Crippen LogP contribution in [-0.4, -0.2) is 32.7 Å². The first-order valence-electron chi connectivity index (χ1n) is 6.45. The fourth-order valence-corrected chi connectivity index (χ4v) is 1.60. The molecule has 0 bridgehead atoms. The fraction of sp³-hybridized carbons (Fsp3) is 0.500. The third kappa shape index (κ3) is 4.04. The van der Waals surface area contributed by atoms with Crippen LogP contribution in [0.25, 0.3) is 0 Å².